The summed E-state index contributed by atoms with van der Waals surface area (Å²) in [5.41, 5.74) is 3.37. The van der Waals surface area contributed by atoms with Gasteiger partial charge in [0.05, 0.1) is 6.10 Å². The summed E-state index contributed by atoms with van der Waals surface area (Å²) in [6.45, 7) is 4.62. The lowest BCUT2D eigenvalue weighted by molar-refractivity contribution is 0.173. The molecule has 2 nitrogen and oxygen atoms in total. The molecule has 2 rings (SSSR count). The Hall–Kier alpha value is -1.80. The largest absolute Gasteiger partial charge is 0.489 e. The van der Waals surface area contributed by atoms with Crippen LogP contribution in [0.5, 0.6) is 5.75 Å². The Bertz CT molecular complexity index is 517. The number of aryl methyl sites for hydroxylation is 1. The highest BCUT2D eigenvalue weighted by Gasteiger charge is 2.04. The predicted molar refractivity (Wildman–Crippen MR) is 77.2 cm³/mol. The second-order valence-electron chi connectivity index (χ2n) is 4.71. The van der Waals surface area contributed by atoms with Crippen molar-refractivity contribution in [3.63, 3.8) is 0 Å². The third kappa shape index (κ3) is 3.58. The molecule has 0 aliphatic heterocycles. The fraction of sp³-hybridized carbons (Fsp3) is 0.294. The van der Waals surface area contributed by atoms with E-state index in [9.17, 15) is 5.11 Å². The topological polar surface area (TPSA) is 29.5 Å². The minimum atomic E-state index is -0.384. The van der Waals surface area contributed by atoms with Gasteiger partial charge in [0.2, 0.25) is 0 Å². The van der Waals surface area contributed by atoms with Gasteiger partial charge in [-0.2, -0.15) is 0 Å². The second kappa shape index (κ2) is 6.39. The van der Waals surface area contributed by atoms with E-state index in [4.69, 9.17) is 4.74 Å². The third-order valence-corrected chi connectivity index (χ3v) is 3.31. The number of hydrogen-bond acceptors (Lipinski definition) is 2. The molecule has 0 radical (unpaired) electrons. The Balaban J connectivity index is 1.99. The van der Waals surface area contributed by atoms with E-state index in [1.165, 1.54) is 11.1 Å². The molecule has 0 saturated heterocycles. The highest BCUT2D eigenvalue weighted by molar-refractivity contribution is 5.30. The number of aliphatic hydroxyl groups excluding tert-OH is 1. The highest BCUT2D eigenvalue weighted by atomic mass is 16.5. The molecule has 2 heteroatoms. The van der Waals surface area contributed by atoms with Crippen molar-refractivity contribution in [2.75, 3.05) is 0 Å². The van der Waals surface area contributed by atoms with E-state index in [-0.39, 0.29) is 6.10 Å². The maximum atomic E-state index is 9.72. The zero-order chi connectivity index (χ0) is 13.7. The van der Waals surface area contributed by atoms with Crippen molar-refractivity contribution in [3.05, 3.63) is 65.2 Å². The average molecular weight is 256 g/mol. The molecule has 100 valence electrons. The van der Waals surface area contributed by atoms with E-state index in [0.29, 0.717) is 6.61 Å². The summed E-state index contributed by atoms with van der Waals surface area (Å²) in [6.07, 6.45) is 0.342. The monoisotopic (exact) mass is 256 g/mol. The first kappa shape index (κ1) is 13.6. The lowest BCUT2D eigenvalue weighted by atomic mass is 10.1. The van der Waals surface area contributed by atoms with Gasteiger partial charge >= 0.3 is 0 Å². The summed E-state index contributed by atoms with van der Waals surface area (Å²) in [5.74, 6) is 0.829. The molecule has 2 aromatic rings. The van der Waals surface area contributed by atoms with Crippen LogP contribution in [0.15, 0.2) is 48.5 Å². The molecule has 0 fully saturated rings. The minimum Gasteiger partial charge on any atom is -0.489 e. The molecule has 1 N–H and O–H groups in total. The van der Waals surface area contributed by atoms with Gasteiger partial charge in [-0.25, -0.2) is 0 Å². The van der Waals surface area contributed by atoms with Gasteiger partial charge < -0.3 is 9.84 Å². The molecular weight excluding hydrogens is 236 g/mol. The van der Waals surface area contributed by atoms with Crippen LogP contribution in [0.3, 0.4) is 0 Å². The van der Waals surface area contributed by atoms with Crippen LogP contribution in [0.4, 0.5) is 0 Å². The van der Waals surface area contributed by atoms with Crippen LogP contribution in [0.2, 0.25) is 0 Å². The maximum Gasteiger partial charge on any atom is 0.119 e. The van der Waals surface area contributed by atoms with Crippen molar-refractivity contribution < 1.29 is 9.84 Å². The van der Waals surface area contributed by atoms with Gasteiger partial charge in [-0.1, -0.05) is 43.3 Å². The molecule has 0 unspecified atom stereocenters. The van der Waals surface area contributed by atoms with Crippen LogP contribution >= 0.6 is 0 Å². The maximum absolute atomic E-state index is 9.72. The van der Waals surface area contributed by atoms with Crippen LogP contribution in [-0.4, -0.2) is 5.11 Å². The molecule has 0 aliphatic rings. The van der Waals surface area contributed by atoms with Gasteiger partial charge in [0.15, 0.2) is 0 Å². The van der Waals surface area contributed by atoms with Crippen molar-refractivity contribution in [3.8, 4) is 5.75 Å². The first-order valence-corrected chi connectivity index (χ1v) is 6.66. The molecule has 0 spiro atoms. The number of hydrogen-bond donors (Lipinski definition) is 1. The molecular formula is C17H20O2. The summed E-state index contributed by atoms with van der Waals surface area (Å²) in [7, 11) is 0. The van der Waals surface area contributed by atoms with Gasteiger partial charge in [-0.05, 0) is 42.2 Å². The molecule has 1 atom stereocenters. The minimum absolute atomic E-state index is 0.384. The average Bonchev–Trinajstić information content (AvgIpc) is 2.46. The fourth-order valence-corrected chi connectivity index (χ4v) is 1.96. The smallest absolute Gasteiger partial charge is 0.119 e. The lowest BCUT2D eigenvalue weighted by Crippen LogP contribution is -1.98. The normalized spacial score (nSPS) is 12.2. The number of ether oxygens (including phenoxy) is 1. The Kier molecular flexibility index (Phi) is 4.58. The summed E-state index contributed by atoms with van der Waals surface area (Å²) in [6, 6.07) is 15.9. The zero-order valence-electron chi connectivity index (χ0n) is 11.5. The summed E-state index contributed by atoms with van der Waals surface area (Å²) >= 11 is 0. The van der Waals surface area contributed by atoms with Crippen LogP contribution in [0.25, 0.3) is 0 Å². The van der Waals surface area contributed by atoms with Crippen molar-refractivity contribution in [2.45, 2.75) is 33.0 Å². The van der Waals surface area contributed by atoms with Crippen molar-refractivity contribution >= 4 is 0 Å². The fourth-order valence-electron chi connectivity index (χ4n) is 1.96. The van der Waals surface area contributed by atoms with E-state index >= 15 is 0 Å². The SMILES string of the molecule is CC[C@H](O)c1ccc(OCc2ccccc2C)cc1. The Morgan fingerprint density at radius 3 is 2.37 bits per heavy atom. The Labute approximate surface area is 114 Å². The van der Waals surface area contributed by atoms with Gasteiger partial charge in [-0.3, -0.25) is 0 Å². The summed E-state index contributed by atoms with van der Waals surface area (Å²) in [4.78, 5) is 0. The van der Waals surface area contributed by atoms with Crippen molar-refractivity contribution in [1.29, 1.82) is 0 Å². The van der Waals surface area contributed by atoms with Gasteiger partial charge in [0.1, 0.15) is 12.4 Å². The van der Waals surface area contributed by atoms with Crippen LogP contribution < -0.4 is 4.74 Å². The summed E-state index contributed by atoms with van der Waals surface area (Å²) < 4.78 is 5.76. The molecule has 19 heavy (non-hydrogen) atoms. The molecule has 0 heterocycles. The third-order valence-electron chi connectivity index (χ3n) is 3.31. The lowest BCUT2D eigenvalue weighted by Gasteiger charge is -2.11. The molecule has 0 aliphatic carbocycles. The molecule has 0 amide bonds. The van der Waals surface area contributed by atoms with Crippen molar-refractivity contribution in [2.24, 2.45) is 0 Å². The molecule has 0 aromatic heterocycles. The number of benzene rings is 2. The standard InChI is InChI=1S/C17H20O2/c1-3-17(18)14-8-10-16(11-9-14)19-12-15-7-5-4-6-13(15)2/h4-11,17-18H,3,12H2,1-2H3/t17-/m0/s1. The van der Waals surface area contributed by atoms with E-state index < -0.39 is 0 Å². The molecule has 0 saturated carbocycles. The van der Waals surface area contributed by atoms with E-state index in [1.54, 1.807) is 0 Å². The van der Waals surface area contributed by atoms with Crippen molar-refractivity contribution in [1.82, 2.24) is 0 Å². The van der Waals surface area contributed by atoms with Gasteiger partial charge in [0, 0.05) is 0 Å². The predicted octanol–water partition coefficient (Wildman–Crippen LogP) is 4.02. The first-order chi connectivity index (χ1) is 9.20. The Morgan fingerprint density at radius 1 is 1.05 bits per heavy atom. The van der Waals surface area contributed by atoms with E-state index in [2.05, 4.69) is 19.1 Å². The van der Waals surface area contributed by atoms with Crippen LogP contribution in [-0.2, 0) is 6.61 Å². The summed E-state index contributed by atoms with van der Waals surface area (Å²) in [5, 5.41) is 9.72. The number of aliphatic hydroxyl groups is 1. The quantitative estimate of drug-likeness (QED) is 0.875. The first-order valence-electron chi connectivity index (χ1n) is 6.66. The molecule has 0 bridgehead atoms. The number of rotatable bonds is 5. The van der Waals surface area contributed by atoms with E-state index in [1.807, 2.05) is 43.3 Å². The van der Waals surface area contributed by atoms with Gasteiger partial charge in [-0.15, -0.1) is 0 Å². The highest BCUT2D eigenvalue weighted by Crippen LogP contribution is 2.20. The van der Waals surface area contributed by atoms with Gasteiger partial charge in [0.25, 0.3) is 0 Å². The molecule has 2 aromatic carbocycles. The van der Waals surface area contributed by atoms with Crippen LogP contribution in [0.1, 0.15) is 36.1 Å². The van der Waals surface area contributed by atoms with E-state index in [0.717, 1.165) is 17.7 Å². The second-order valence-corrected chi connectivity index (χ2v) is 4.71. The zero-order valence-corrected chi connectivity index (χ0v) is 11.5. The van der Waals surface area contributed by atoms with Crippen LogP contribution in [0, 0.1) is 6.92 Å². The Morgan fingerprint density at radius 2 is 1.74 bits per heavy atom.